The fraction of sp³-hybridized carbons (Fsp3) is 0.429. The van der Waals surface area contributed by atoms with E-state index in [2.05, 4.69) is 17.4 Å². The molecule has 0 aromatic heterocycles. The number of aliphatic hydroxyl groups excluding tert-OH is 1. The highest BCUT2D eigenvalue weighted by Crippen LogP contribution is 2.42. The van der Waals surface area contributed by atoms with Crippen molar-refractivity contribution in [3.63, 3.8) is 0 Å². The summed E-state index contributed by atoms with van der Waals surface area (Å²) in [5, 5.41) is 8.94. The highest BCUT2D eigenvalue weighted by atomic mass is 16.5. The molecule has 0 aliphatic carbocycles. The van der Waals surface area contributed by atoms with Gasteiger partial charge in [-0.15, -0.1) is 6.58 Å². The number of ether oxygens (including phenoxy) is 3. The Morgan fingerprint density at radius 3 is 2.58 bits per heavy atom. The first-order valence-corrected chi connectivity index (χ1v) is 12.4. The van der Waals surface area contributed by atoms with Crippen LogP contribution in [-0.4, -0.2) is 54.9 Å². The second kappa shape index (κ2) is 13.8. The molecule has 0 radical (unpaired) electrons. The zero-order chi connectivity index (χ0) is 25.8. The quantitative estimate of drug-likeness (QED) is 0.198. The van der Waals surface area contributed by atoms with Crippen LogP contribution in [0.1, 0.15) is 50.3 Å². The van der Waals surface area contributed by atoms with Gasteiger partial charge in [0.2, 0.25) is 5.90 Å². The molecule has 3 N–H and O–H groups in total. The number of carbonyl (C=O) groups excluding carboxylic acids is 1. The molecule has 1 amide bonds. The molecule has 2 atom stereocenters. The third-order valence-electron chi connectivity index (χ3n) is 5.69. The average Bonchev–Trinajstić information content (AvgIpc) is 3.28. The van der Waals surface area contributed by atoms with Gasteiger partial charge in [0.25, 0.3) is 5.91 Å². The number of rotatable bonds is 15. The first-order valence-electron chi connectivity index (χ1n) is 12.4. The number of nitrogens with zero attached hydrogens (tertiary/aromatic N) is 1. The molecule has 2 aromatic rings. The molecule has 8 heteroatoms. The minimum atomic E-state index is -1.23. The molecule has 1 aliphatic rings. The van der Waals surface area contributed by atoms with Crippen LogP contribution < -0.4 is 15.6 Å². The lowest BCUT2D eigenvalue weighted by atomic mass is 9.84. The molecule has 194 valence electrons. The fourth-order valence-corrected chi connectivity index (χ4v) is 3.89. The van der Waals surface area contributed by atoms with Gasteiger partial charge in [0.15, 0.2) is 11.6 Å². The highest BCUT2D eigenvalue weighted by Gasteiger charge is 2.52. The molecular weight excluding hydrogens is 458 g/mol. The maximum atomic E-state index is 13.6. The van der Waals surface area contributed by atoms with E-state index in [1.54, 1.807) is 6.08 Å². The van der Waals surface area contributed by atoms with Gasteiger partial charge < -0.3 is 19.3 Å². The van der Waals surface area contributed by atoms with Crippen molar-refractivity contribution in [1.82, 2.24) is 10.9 Å². The molecule has 0 bridgehead atoms. The van der Waals surface area contributed by atoms with Crippen molar-refractivity contribution in [3.05, 3.63) is 78.4 Å². The van der Waals surface area contributed by atoms with Crippen molar-refractivity contribution in [1.29, 1.82) is 0 Å². The number of nitrogens with one attached hydrogen (secondary N) is 2. The second-order valence-corrected chi connectivity index (χ2v) is 8.85. The van der Waals surface area contributed by atoms with E-state index in [1.165, 1.54) is 0 Å². The second-order valence-electron chi connectivity index (χ2n) is 8.85. The van der Waals surface area contributed by atoms with Crippen LogP contribution >= 0.6 is 0 Å². The lowest BCUT2D eigenvalue weighted by Gasteiger charge is -2.29. The zero-order valence-electron chi connectivity index (χ0n) is 21.1. The molecule has 1 aliphatic heterocycles. The Kier molecular flexibility index (Phi) is 10.5. The smallest absolute Gasteiger partial charge is 0.266 e. The summed E-state index contributed by atoms with van der Waals surface area (Å²) in [6.45, 7) is 9.55. The monoisotopic (exact) mass is 495 g/mol. The Bertz CT molecular complexity index is 994. The summed E-state index contributed by atoms with van der Waals surface area (Å²) >= 11 is 0. The van der Waals surface area contributed by atoms with Crippen LogP contribution in [-0.2, 0) is 14.3 Å². The van der Waals surface area contributed by atoms with Crippen LogP contribution in [0.2, 0.25) is 0 Å². The van der Waals surface area contributed by atoms with Crippen LogP contribution in [0.3, 0.4) is 0 Å². The van der Waals surface area contributed by atoms with Crippen LogP contribution in [0.15, 0.2) is 72.2 Å². The number of amides is 1. The summed E-state index contributed by atoms with van der Waals surface area (Å²) in [5.74, 6) is 0.777. The fourth-order valence-electron chi connectivity index (χ4n) is 3.89. The number of aliphatic hydroxyl groups is 1. The number of aliphatic imine (C=N–C) groups is 1. The maximum absolute atomic E-state index is 13.6. The molecule has 0 unspecified atom stereocenters. The Hall–Kier alpha value is -3.20. The predicted octanol–water partition coefficient (Wildman–Crippen LogP) is 3.72. The summed E-state index contributed by atoms with van der Waals surface area (Å²) in [7, 11) is 0. The van der Waals surface area contributed by atoms with Crippen molar-refractivity contribution in [2.45, 2.75) is 50.9 Å². The largest absolute Gasteiger partial charge is 0.494 e. The van der Waals surface area contributed by atoms with E-state index in [4.69, 9.17) is 24.3 Å². The van der Waals surface area contributed by atoms with Crippen molar-refractivity contribution < 1.29 is 24.1 Å². The lowest BCUT2D eigenvalue weighted by molar-refractivity contribution is -0.129. The van der Waals surface area contributed by atoms with Crippen LogP contribution in [0, 0.1) is 0 Å². The molecule has 0 saturated heterocycles. The number of benzene rings is 2. The Balaban J connectivity index is 1.81. The Morgan fingerprint density at radius 1 is 1.17 bits per heavy atom. The summed E-state index contributed by atoms with van der Waals surface area (Å²) in [5.41, 5.74) is 6.20. The Labute approximate surface area is 213 Å². The number of hydrogen-bond donors (Lipinski definition) is 3. The van der Waals surface area contributed by atoms with Crippen LogP contribution in [0.4, 0.5) is 0 Å². The molecule has 2 aromatic carbocycles. The third kappa shape index (κ3) is 7.16. The first kappa shape index (κ1) is 27.4. The summed E-state index contributed by atoms with van der Waals surface area (Å²) in [6.07, 6.45) is 2.86. The molecule has 3 rings (SSSR count). The molecule has 1 heterocycles. The van der Waals surface area contributed by atoms with Gasteiger partial charge in [0, 0.05) is 38.2 Å². The predicted molar refractivity (Wildman–Crippen MR) is 140 cm³/mol. The molecule has 36 heavy (non-hydrogen) atoms. The zero-order valence-corrected chi connectivity index (χ0v) is 21.1. The maximum Gasteiger partial charge on any atom is 0.266 e. The highest BCUT2D eigenvalue weighted by molar-refractivity contribution is 6.01. The van der Waals surface area contributed by atoms with Crippen LogP contribution in [0.25, 0.3) is 0 Å². The minimum absolute atomic E-state index is 0.0810. The van der Waals surface area contributed by atoms with Gasteiger partial charge in [0.05, 0.1) is 12.7 Å². The number of carbonyl (C=O) groups is 1. The van der Waals surface area contributed by atoms with E-state index in [9.17, 15) is 4.79 Å². The lowest BCUT2D eigenvalue weighted by Crippen LogP contribution is -2.52. The SMILES string of the molecule is C=CC[C@]1(C(=O)NNCCCOC(C)C)N=C(c2ccc(OCCCO)cc2)O[C@H]1c1ccccc1. The summed E-state index contributed by atoms with van der Waals surface area (Å²) < 4.78 is 17.5. The molecule has 8 nitrogen and oxygen atoms in total. The van der Waals surface area contributed by atoms with Crippen molar-refractivity contribution >= 4 is 11.8 Å². The van der Waals surface area contributed by atoms with E-state index in [-0.39, 0.29) is 18.6 Å². The van der Waals surface area contributed by atoms with E-state index in [0.29, 0.717) is 44.2 Å². The summed E-state index contributed by atoms with van der Waals surface area (Å²) in [4.78, 5) is 18.4. The van der Waals surface area contributed by atoms with Crippen molar-refractivity contribution in [3.8, 4) is 5.75 Å². The van der Waals surface area contributed by atoms with E-state index >= 15 is 0 Å². The Morgan fingerprint density at radius 2 is 1.92 bits per heavy atom. The standard InChI is InChI=1S/C28H37N3O5/c1-4-16-28(27(33)31-29-17-8-19-34-21(2)3)25(22-10-6-5-7-11-22)36-26(30-28)23-12-14-24(15-13-23)35-20-9-18-32/h4-7,10-15,21,25,29,32H,1,8-9,16-20H2,2-3H3,(H,31,33)/t25-,28-/m0/s1. The van der Waals surface area contributed by atoms with E-state index in [0.717, 1.165) is 17.5 Å². The molecule has 0 saturated carbocycles. The van der Waals surface area contributed by atoms with Gasteiger partial charge in [-0.05, 0) is 50.1 Å². The van der Waals surface area contributed by atoms with Gasteiger partial charge in [-0.25, -0.2) is 10.4 Å². The minimum Gasteiger partial charge on any atom is -0.494 e. The van der Waals surface area contributed by atoms with E-state index in [1.807, 2.05) is 68.4 Å². The number of hydrazine groups is 1. The van der Waals surface area contributed by atoms with Crippen LogP contribution in [0.5, 0.6) is 5.75 Å². The van der Waals surface area contributed by atoms with Crippen molar-refractivity contribution in [2.24, 2.45) is 4.99 Å². The van der Waals surface area contributed by atoms with Gasteiger partial charge >= 0.3 is 0 Å². The molecular formula is C28H37N3O5. The van der Waals surface area contributed by atoms with Gasteiger partial charge in [0.1, 0.15) is 5.75 Å². The van der Waals surface area contributed by atoms with E-state index < -0.39 is 11.6 Å². The van der Waals surface area contributed by atoms with Gasteiger partial charge in [-0.3, -0.25) is 10.2 Å². The molecule has 0 spiro atoms. The first-order chi connectivity index (χ1) is 17.5. The normalized spacial score (nSPS) is 19.0. The topological polar surface area (TPSA) is 101 Å². The van der Waals surface area contributed by atoms with Gasteiger partial charge in [-0.1, -0.05) is 36.4 Å². The van der Waals surface area contributed by atoms with Gasteiger partial charge in [-0.2, -0.15) is 0 Å². The number of hydrogen-bond acceptors (Lipinski definition) is 7. The third-order valence-corrected chi connectivity index (χ3v) is 5.69. The average molecular weight is 496 g/mol. The molecule has 0 fully saturated rings. The van der Waals surface area contributed by atoms with Crippen molar-refractivity contribution in [2.75, 3.05) is 26.4 Å². The summed E-state index contributed by atoms with van der Waals surface area (Å²) in [6, 6.07) is 17.0.